The van der Waals surface area contributed by atoms with Crippen LogP contribution in [0.15, 0.2) is 18.2 Å². The second kappa shape index (κ2) is 7.99. The molecule has 0 bridgehead atoms. The Balaban J connectivity index is 2.00. The number of rotatable bonds is 4. The Morgan fingerprint density at radius 2 is 2.00 bits per heavy atom. The molecule has 0 spiro atoms. The van der Waals surface area contributed by atoms with Crippen LogP contribution in [0.2, 0.25) is 10.0 Å². The van der Waals surface area contributed by atoms with Crippen LogP contribution in [0.3, 0.4) is 0 Å². The van der Waals surface area contributed by atoms with Gasteiger partial charge in [0.15, 0.2) is 0 Å². The van der Waals surface area contributed by atoms with Crippen molar-refractivity contribution in [3.8, 4) is 0 Å². The van der Waals surface area contributed by atoms with E-state index in [4.69, 9.17) is 28.3 Å². The summed E-state index contributed by atoms with van der Waals surface area (Å²) in [5.74, 6) is -0.898. The van der Waals surface area contributed by atoms with Gasteiger partial charge in [-0.1, -0.05) is 23.2 Å². The molecule has 1 aliphatic heterocycles. The van der Waals surface area contributed by atoms with Crippen molar-refractivity contribution in [1.29, 1.82) is 0 Å². The van der Waals surface area contributed by atoms with Crippen molar-refractivity contribution < 1.29 is 14.7 Å². The molecule has 1 amide bonds. The number of likely N-dealkylation sites (tertiary alicyclic amines) is 1. The van der Waals surface area contributed by atoms with E-state index in [0.29, 0.717) is 28.7 Å². The van der Waals surface area contributed by atoms with Gasteiger partial charge in [-0.2, -0.15) is 0 Å². The fourth-order valence-electron chi connectivity index (χ4n) is 2.88. The van der Waals surface area contributed by atoms with Crippen LogP contribution in [0.25, 0.3) is 0 Å². The maximum Gasteiger partial charge on any atom is 0.317 e. The Kier molecular flexibility index (Phi) is 6.27. The number of hydrogen-bond acceptors (Lipinski definition) is 3. The van der Waals surface area contributed by atoms with Crippen molar-refractivity contribution in [2.75, 3.05) is 26.7 Å². The predicted molar refractivity (Wildman–Crippen MR) is 90.3 cm³/mol. The number of hydrogen-bond donors (Lipinski definition) is 1. The number of aliphatic carboxylic acids is 1. The number of nitrogens with zero attached hydrogens (tertiary/aromatic N) is 2. The van der Waals surface area contributed by atoms with Crippen molar-refractivity contribution in [2.45, 2.75) is 25.3 Å². The first-order chi connectivity index (χ1) is 10.9. The average Bonchev–Trinajstić information content (AvgIpc) is 2.74. The molecule has 126 valence electrons. The van der Waals surface area contributed by atoms with Crippen molar-refractivity contribution in [3.05, 3.63) is 33.8 Å². The number of likely N-dealkylation sites (N-methyl/N-ethyl adjacent to an activating group) is 1. The van der Waals surface area contributed by atoms with E-state index in [1.807, 2.05) is 11.9 Å². The lowest BCUT2D eigenvalue weighted by molar-refractivity contribution is -0.138. The highest BCUT2D eigenvalue weighted by molar-refractivity contribution is 6.42. The monoisotopic (exact) mass is 358 g/mol. The van der Waals surface area contributed by atoms with Gasteiger partial charge >= 0.3 is 5.97 Å². The Bertz CT molecular complexity index is 595. The van der Waals surface area contributed by atoms with Gasteiger partial charge in [-0.3, -0.25) is 14.5 Å². The molecule has 0 aromatic heterocycles. The van der Waals surface area contributed by atoms with E-state index in [9.17, 15) is 9.59 Å². The van der Waals surface area contributed by atoms with E-state index in [1.165, 1.54) is 0 Å². The van der Waals surface area contributed by atoms with E-state index in [1.54, 1.807) is 23.1 Å². The summed E-state index contributed by atoms with van der Waals surface area (Å²) in [6, 6.07) is 5.07. The van der Waals surface area contributed by atoms with Gasteiger partial charge in [-0.15, -0.1) is 0 Å². The predicted octanol–water partition coefficient (Wildman–Crippen LogP) is 3.00. The Labute approximate surface area is 145 Å². The lowest BCUT2D eigenvalue weighted by Crippen LogP contribution is -2.37. The van der Waals surface area contributed by atoms with Crippen molar-refractivity contribution in [2.24, 2.45) is 0 Å². The number of carboxylic acids is 1. The number of amides is 1. The van der Waals surface area contributed by atoms with E-state index in [0.717, 1.165) is 19.3 Å². The molecule has 23 heavy (non-hydrogen) atoms. The smallest absolute Gasteiger partial charge is 0.317 e. The van der Waals surface area contributed by atoms with E-state index in [-0.39, 0.29) is 18.5 Å². The fraction of sp³-hybridized carbons (Fsp3) is 0.500. The highest BCUT2D eigenvalue weighted by Gasteiger charge is 2.24. The molecule has 1 saturated heterocycles. The second-order valence-electron chi connectivity index (χ2n) is 5.81. The number of halogens is 2. The second-order valence-corrected chi connectivity index (χ2v) is 6.63. The van der Waals surface area contributed by atoms with Gasteiger partial charge < -0.3 is 10.0 Å². The minimum absolute atomic E-state index is 0.0193. The van der Waals surface area contributed by atoms with E-state index in [2.05, 4.69) is 0 Å². The van der Waals surface area contributed by atoms with Crippen LogP contribution in [0, 0.1) is 0 Å². The van der Waals surface area contributed by atoms with E-state index < -0.39 is 5.97 Å². The first-order valence-corrected chi connectivity index (χ1v) is 8.30. The average molecular weight is 359 g/mol. The molecule has 0 unspecified atom stereocenters. The van der Waals surface area contributed by atoms with Crippen LogP contribution < -0.4 is 0 Å². The Morgan fingerprint density at radius 1 is 1.26 bits per heavy atom. The summed E-state index contributed by atoms with van der Waals surface area (Å²) < 4.78 is 0. The number of benzene rings is 1. The molecular weight excluding hydrogens is 339 g/mol. The van der Waals surface area contributed by atoms with Gasteiger partial charge in [0.1, 0.15) is 0 Å². The van der Waals surface area contributed by atoms with Crippen LogP contribution in [0.1, 0.15) is 29.6 Å². The van der Waals surface area contributed by atoms with Crippen LogP contribution in [0.5, 0.6) is 0 Å². The molecule has 1 fully saturated rings. The third-order valence-electron chi connectivity index (χ3n) is 4.16. The van der Waals surface area contributed by atoms with Crippen LogP contribution in [-0.4, -0.2) is 59.5 Å². The molecule has 0 aliphatic carbocycles. The fourth-order valence-corrected chi connectivity index (χ4v) is 3.17. The maximum absolute atomic E-state index is 12.6. The summed E-state index contributed by atoms with van der Waals surface area (Å²) >= 11 is 11.9. The van der Waals surface area contributed by atoms with Crippen molar-refractivity contribution in [3.63, 3.8) is 0 Å². The summed E-state index contributed by atoms with van der Waals surface area (Å²) in [5, 5.41) is 9.69. The number of carbonyl (C=O) groups excluding carboxylic acids is 1. The molecule has 1 aromatic rings. The first-order valence-electron chi connectivity index (χ1n) is 7.55. The van der Waals surface area contributed by atoms with Gasteiger partial charge in [0, 0.05) is 24.7 Å². The third-order valence-corrected chi connectivity index (χ3v) is 4.90. The van der Waals surface area contributed by atoms with Gasteiger partial charge in [-0.25, -0.2) is 0 Å². The quantitative estimate of drug-likeness (QED) is 0.898. The maximum atomic E-state index is 12.6. The van der Waals surface area contributed by atoms with Crippen LogP contribution in [-0.2, 0) is 4.79 Å². The minimum Gasteiger partial charge on any atom is -0.480 e. The molecule has 7 heteroatoms. The summed E-state index contributed by atoms with van der Waals surface area (Å²) in [5.41, 5.74) is 0.525. The zero-order chi connectivity index (χ0) is 17.0. The minimum atomic E-state index is -0.833. The topological polar surface area (TPSA) is 60.9 Å². The molecule has 0 saturated carbocycles. The van der Waals surface area contributed by atoms with Crippen LogP contribution >= 0.6 is 23.2 Å². The first kappa shape index (κ1) is 18.0. The molecule has 2 rings (SSSR count). The molecule has 0 radical (unpaired) electrons. The summed E-state index contributed by atoms with van der Waals surface area (Å²) in [7, 11) is 1.81. The third kappa shape index (κ3) is 4.83. The highest BCUT2D eigenvalue weighted by atomic mass is 35.5. The normalized spacial score (nSPS) is 18.8. The standard InChI is InChI=1S/C16H20Cl2N2O3/c1-19(10-15(21)22)12-3-2-7-20(8-6-12)16(23)11-4-5-13(17)14(18)9-11/h4-5,9,12H,2-3,6-8,10H2,1H3,(H,21,22)/t12-/m0/s1. The molecule has 1 aliphatic rings. The molecule has 5 nitrogen and oxygen atoms in total. The summed E-state index contributed by atoms with van der Waals surface area (Å²) in [6.45, 7) is 1.29. The van der Waals surface area contributed by atoms with Crippen LogP contribution in [0.4, 0.5) is 0 Å². The van der Waals surface area contributed by atoms with Crippen molar-refractivity contribution >= 4 is 35.1 Å². The lowest BCUT2D eigenvalue weighted by Gasteiger charge is -2.25. The molecule has 1 aromatic carbocycles. The lowest BCUT2D eigenvalue weighted by atomic mass is 10.1. The largest absolute Gasteiger partial charge is 0.480 e. The zero-order valence-electron chi connectivity index (χ0n) is 13.0. The van der Waals surface area contributed by atoms with Gasteiger partial charge in [-0.05, 0) is 44.5 Å². The van der Waals surface area contributed by atoms with E-state index >= 15 is 0 Å². The SMILES string of the molecule is CN(CC(=O)O)[C@H]1CCCN(C(=O)c2ccc(Cl)c(Cl)c2)CC1. The van der Waals surface area contributed by atoms with Gasteiger partial charge in [0.05, 0.1) is 16.6 Å². The summed E-state index contributed by atoms with van der Waals surface area (Å²) in [6.07, 6.45) is 2.49. The van der Waals surface area contributed by atoms with Gasteiger partial charge in [0.2, 0.25) is 0 Å². The highest BCUT2D eigenvalue weighted by Crippen LogP contribution is 2.24. The molecule has 1 N–H and O–H groups in total. The summed E-state index contributed by atoms with van der Waals surface area (Å²) in [4.78, 5) is 27.1. The number of carbonyl (C=O) groups is 2. The molecule has 1 heterocycles. The zero-order valence-corrected chi connectivity index (χ0v) is 14.5. The van der Waals surface area contributed by atoms with Crippen molar-refractivity contribution in [1.82, 2.24) is 9.80 Å². The van der Waals surface area contributed by atoms with Gasteiger partial charge in [0.25, 0.3) is 5.91 Å². The molecular formula is C16H20Cl2N2O3. The Hall–Kier alpha value is -1.30. The number of carboxylic acid groups (broad SMARTS) is 1. The Morgan fingerprint density at radius 3 is 2.65 bits per heavy atom. The molecule has 1 atom stereocenters.